The first kappa shape index (κ1) is 28.0. The number of rotatable bonds is 4. The molecule has 0 spiro atoms. The van der Waals surface area contributed by atoms with Gasteiger partial charge in [-0.1, -0.05) is 44.5 Å². The highest BCUT2D eigenvalue weighted by atomic mass is 35.5. The van der Waals surface area contributed by atoms with Gasteiger partial charge < -0.3 is 14.9 Å². The summed E-state index contributed by atoms with van der Waals surface area (Å²) >= 11 is 7.63. The molecule has 210 valence electrons. The van der Waals surface area contributed by atoms with Crippen molar-refractivity contribution in [3.63, 3.8) is 0 Å². The van der Waals surface area contributed by atoms with E-state index in [0.717, 1.165) is 22.3 Å². The molecule has 1 atom stereocenters. The Morgan fingerprint density at radius 2 is 1.77 bits per heavy atom. The number of alkyl halides is 3. The second-order valence-electron chi connectivity index (χ2n) is 10.6. The Labute approximate surface area is 238 Å². The van der Waals surface area contributed by atoms with Crippen LogP contribution in [0.5, 0.6) is 0 Å². The lowest BCUT2D eigenvalue weighted by atomic mass is 9.84. The van der Waals surface area contributed by atoms with E-state index in [1.165, 1.54) is 20.9 Å². The van der Waals surface area contributed by atoms with Crippen LogP contribution in [0.4, 0.5) is 23.8 Å². The van der Waals surface area contributed by atoms with E-state index in [4.69, 9.17) is 11.6 Å². The van der Waals surface area contributed by atoms with Crippen molar-refractivity contribution in [2.45, 2.75) is 33.0 Å². The van der Waals surface area contributed by atoms with Crippen LogP contribution in [0.1, 0.15) is 26.5 Å². The summed E-state index contributed by atoms with van der Waals surface area (Å²) < 4.78 is 42.0. The smallest absolute Gasteiger partial charge is 0.435 e. The normalized spacial score (nSPS) is 16.4. The van der Waals surface area contributed by atoms with Gasteiger partial charge in [0.2, 0.25) is 0 Å². The van der Waals surface area contributed by atoms with Crippen molar-refractivity contribution in [3.8, 4) is 26.7 Å². The number of aromatic nitrogens is 3. The number of carbonyl (C=O) groups is 1. The molecule has 1 aliphatic rings. The van der Waals surface area contributed by atoms with E-state index in [9.17, 15) is 23.1 Å². The molecule has 1 N–H and O–H groups in total. The predicted octanol–water partition coefficient (Wildman–Crippen LogP) is 7.55. The first-order valence-electron chi connectivity index (χ1n) is 12.6. The van der Waals surface area contributed by atoms with E-state index < -0.39 is 18.0 Å². The van der Waals surface area contributed by atoms with Gasteiger partial charge in [0.05, 0.1) is 27.3 Å². The standard InChI is InChI=1S/C28H27ClF3N5O2S/c1-27(2,3)24-16-35(12-13-36(24)26(38)39)25-11-8-17(15-33-25)21-9-10-22(40-21)20-14-23(28(30,31)32)34-37(20)19-7-5-4-6-18(19)29/h4-11,14-15,24H,12-13,16H2,1-3H3,(H,38,39). The van der Waals surface area contributed by atoms with Gasteiger partial charge in [-0.15, -0.1) is 11.3 Å². The van der Waals surface area contributed by atoms with Gasteiger partial charge in [0, 0.05) is 36.3 Å². The summed E-state index contributed by atoms with van der Waals surface area (Å²) in [4.78, 5) is 21.4. The maximum Gasteiger partial charge on any atom is 0.435 e. The third-order valence-electron chi connectivity index (χ3n) is 6.92. The molecule has 1 aromatic carbocycles. The fraction of sp³-hybridized carbons (Fsp3) is 0.321. The van der Waals surface area contributed by atoms with Gasteiger partial charge in [-0.2, -0.15) is 18.3 Å². The molecule has 0 radical (unpaired) electrons. The highest BCUT2D eigenvalue weighted by Gasteiger charge is 2.38. The predicted molar refractivity (Wildman–Crippen MR) is 150 cm³/mol. The molecule has 1 amide bonds. The molecule has 1 fully saturated rings. The number of anilines is 1. The quantitative estimate of drug-likeness (QED) is 0.266. The van der Waals surface area contributed by atoms with Crippen LogP contribution in [-0.2, 0) is 6.18 Å². The summed E-state index contributed by atoms with van der Waals surface area (Å²) in [6, 6.07) is 14.9. The minimum absolute atomic E-state index is 0.190. The summed E-state index contributed by atoms with van der Waals surface area (Å²) in [5.74, 6) is 0.742. The van der Waals surface area contributed by atoms with Gasteiger partial charge in [0.25, 0.3) is 0 Å². The number of para-hydroxylation sites is 1. The van der Waals surface area contributed by atoms with Gasteiger partial charge in [0.1, 0.15) is 5.82 Å². The minimum Gasteiger partial charge on any atom is -0.465 e. The second-order valence-corrected chi connectivity index (χ2v) is 12.1. The Balaban J connectivity index is 1.42. The van der Waals surface area contributed by atoms with Crippen LogP contribution in [0.15, 0.2) is 60.8 Å². The maximum absolute atomic E-state index is 13.6. The van der Waals surface area contributed by atoms with E-state index in [0.29, 0.717) is 30.2 Å². The molecular formula is C28H27ClF3N5O2S. The van der Waals surface area contributed by atoms with Crippen molar-refractivity contribution < 1.29 is 23.1 Å². The lowest BCUT2D eigenvalue weighted by Crippen LogP contribution is -2.59. The molecular weight excluding hydrogens is 563 g/mol. The van der Waals surface area contributed by atoms with Crippen molar-refractivity contribution in [2.75, 3.05) is 24.5 Å². The van der Waals surface area contributed by atoms with E-state index in [1.54, 1.807) is 36.5 Å². The zero-order valence-electron chi connectivity index (χ0n) is 22.0. The van der Waals surface area contributed by atoms with Gasteiger partial charge in [0.15, 0.2) is 5.69 Å². The van der Waals surface area contributed by atoms with E-state index in [1.807, 2.05) is 39.0 Å². The third kappa shape index (κ3) is 5.53. The van der Waals surface area contributed by atoms with E-state index in [2.05, 4.69) is 15.0 Å². The van der Waals surface area contributed by atoms with Crippen molar-refractivity contribution in [2.24, 2.45) is 5.41 Å². The van der Waals surface area contributed by atoms with Gasteiger partial charge >= 0.3 is 12.3 Å². The fourth-order valence-corrected chi connectivity index (χ4v) is 6.03. The molecule has 0 aliphatic carbocycles. The van der Waals surface area contributed by atoms with Crippen molar-refractivity contribution >= 4 is 34.8 Å². The van der Waals surface area contributed by atoms with Gasteiger partial charge in [-0.05, 0) is 47.9 Å². The van der Waals surface area contributed by atoms with Crippen molar-refractivity contribution in [1.29, 1.82) is 0 Å². The van der Waals surface area contributed by atoms with Crippen LogP contribution in [0.25, 0.3) is 26.7 Å². The van der Waals surface area contributed by atoms with Crippen LogP contribution >= 0.6 is 22.9 Å². The largest absolute Gasteiger partial charge is 0.465 e. The number of hydrogen-bond acceptors (Lipinski definition) is 5. The average molecular weight is 590 g/mol. The summed E-state index contributed by atoms with van der Waals surface area (Å²) in [7, 11) is 0. The first-order valence-corrected chi connectivity index (χ1v) is 13.8. The fourth-order valence-electron chi connectivity index (χ4n) is 4.81. The van der Waals surface area contributed by atoms with Crippen LogP contribution in [-0.4, -0.2) is 56.5 Å². The minimum atomic E-state index is -4.61. The van der Waals surface area contributed by atoms with Gasteiger partial charge in [-0.25, -0.2) is 14.5 Å². The molecule has 5 rings (SSSR count). The summed E-state index contributed by atoms with van der Waals surface area (Å²) in [6.07, 6.45) is -3.80. The number of thiophene rings is 1. The summed E-state index contributed by atoms with van der Waals surface area (Å²) in [6.45, 7) is 7.51. The molecule has 3 aromatic heterocycles. The number of nitrogens with zero attached hydrogens (tertiary/aromatic N) is 5. The average Bonchev–Trinajstić information content (AvgIpc) is 3.56. The number of piperazine rings is 1. The summed E-state index contributed by atoms with van der Waals surface area (Å²) in [5, 5.41) is 13.8. The van der Waals surface area contributed by atoms with Crippen molar-refractivity contribution in [1.82, 2.24) is 19.7 Å². The lowest BCUT2D eigenvalue weighted by molar-refractivity contribution is -0.141. The monoisotopic (exact) mass is 589 g/mol. The second kappa shape index (κ2) is 10.4. The first-order chi connectivity index (χ1) is 18.8. The Morgan fingerprint density at radius 1 is 1.05 bits per heavy atom. The molecule has 4 heterocycles. The molecule has 7 nitrogen and oxygen atoms in total. The topological polar surface area (TPSA) is 74.5 Å². The third-order valence-corrected chi connectivity index (χ3v) is 8.40. The van der Waals surface area contributed by atoms with Crippen LogP contribution in [0, 0.1) is 5.41 Å². The zero-order valence-corrected chi connectivity index (χ0v) is 23.6. The number of halogens is 4. The molecule has 12 heteroatoms. The van der Waals surface area contributed by atoms with Crippen LogP contribution < -0.4 is 4.90 Å². The van der Waals surface area contributed by atoms with Crippen LogP contribution in [0.3, 0.4) is 0 Å². The summed E-state index contributed by atoms with van der Waals surface area (Å²) in [5.41, 5.74) is 0.210. The highest BCUT2D eigenvalue weighted by Crippen LogP contribution is 2.39. The Bertz CT molecular complexity index is 1530. The number of pyridine rings is 1. The zero-order chi connectivity index (χ0) is 28.8. The molecule has 0 saturated carbocycles. The number of benzene rings is 1. The number of amides is 1. The van der Waals surface area contributed by atoms with Crippen LogP contribution in [0.2, 0.25) is 5.02 Å². The van der Waals surface area contributed by atoms with Crippen molar-refractivity contribution in [3.05, 3.63) is 71.5 Å². The van der Waals surface area contributed by atoms with E-state index >= 15 is 0 Å². The maximum atomic E-state index is 13.6. The lowest BCUT2D eigenvalue weighted by Gasteiger charge is -2.46. The number of hydrogen-bond donors (Lipinski definition) is 1. The Kier molecular flexibility index (Phi) is 7.30. The Hall–Kier alpha value is -3.57. The molecule has 4 aromatic rings. The molecule has 1 saturated heterocycles. The van der Waals surface area contributed by atoms with E-state index in [-0.39, 0.29) is 22.2 Å². The molecule has 40 heavy (non-hydrogen) atoms. The number of carboxylic acid groups (broad SMARTS) is 1. The molecule has 1 unspecified atom stereocenters. The molecule has 1 aliphatic heterocycles. The molecule has 0 bridgehead atoms. The SMILES string of the molecule is CC(C)(C)C1CN(c2ccc(-c3ccc(-c4cc(C(F)(F)F)nn4-c4ccccc4Cl)s3)cn2)CCN1C(=O)O. The highest BCUT2D eigenvalue weighted by molar-refractivity contribution is 7.18. The van der Waals surface area contributed by atoms with Gasteiger partial charge in [-0.3, -0.25) is 0 Å². The Morgan fingerprint density at radius 3 is 2.40 bits per heavy atom.